The highest BCUT2D eigenvalue weighted by atomic mass is 127. The maximum atomic E-state index is 12.3. The lowest BCUT2D eigenvalue weighted by Crippen LogP contribution is -2.54. The lowest BCUT2D eigenvalue weighted by Gasteiger charge is -2.36. The van der Waals surface area contributed by atoms with Crippen molar-refractivity contribution in [1.29, 1.82) is 0 Å². The maximum Gasteiger partial charge on any atom is 0.289 e. The molecule has 8 nitrogen and oxygen atoms in total. The van der Waals surface area contributed by atoms with Crippen molar-refractivity contribution in [2.75, 3.05) is 46.3 Å². The standard InChI is InChI=1S/C21H27N5O3.HI/c1-16-5-3-6-17(15-16)19(27)23-8-9-24-21(22-2)26-12-10-25(11-13-26)20(28)18-7-4-14-29-18;/h3-7,14-15H,8-13H2,1-2H3,(H,22,24)(H,23,27);1H. The second kappa shape index (κ2) is 11.6. The van der Waals surface area contributed by atoms with Crippen molar-refractivity contribution in [3.63, 3.8) is 0 Å². The Balaban J connectivity index is 0.00000320. The fraction of sp³-hybridized carbons (Fsp3) is 0.381. The van der Waals surface area contributed by atoms with Crippen molar-refractivity contribution in [1.82, 2.24) is 20.4 Å². The number of hydrogen-bond donors (Lipinski definition) is 2. The molecule has 0 radical (unpaired) electrons. The Morgan fingerprint density at radius 3 is 2.37 bits per heavy atom. The first kappa shape index (κ1) is 23.7. The number of furan rings is 1. The van der Waals surface area contributed by atoms with E-state index in [0.717, 1.165) is 11.5 Å². The van der Waals surface area contributed by atoms with E-state index < -0.39 is 0 Å². The minimum atomic E-state index is -0.0875. The highest BCUT2D eigenvalue weighted by Crippen LogP contribution is 2.09. The SMILES string of the molecule is CN=C(NCCNC(=O)c1cccc(C)c1)N1CCN(C(=O)c2ccco2)CC1.I. The molecule has 0 unspecified atom stereocenters. The monoisotopic (exact) mass is 525 g/mol. The molecule has 0 bridgehead atoms. The zero-order valence-electron chi connectivity index (χ0n) is 17.3. The first-order valence-corrected chi connectivity index (χ1v) is 9.71. The molecule has 0 atom stereocenters. The van der Waals surface area contributed by atoms with Gasteiger partial charge in [0.15, 0.2) is 11.7 Å². The molecule has 1 aromatic heterocycles. The van der Waals surface area contributed by atoms with Crippen LogP contribution >= 0.6 is 24.0 Å². The van der Waals surface area contributed by atoms with E-state index in [4.69, 9.17) is 4.42 Å². The number of amides is 2. The molecule has 2 heterocycles. The summed E-state index contributed by atoms with van der Waals surface area (Å²) in [5.41, 5.74) is 1.72. The van der Waals surface area contributed by atoms with Crippen LogP contribution in [0.4, 0.5) is 0 Å². The van der Waals surface area contributed by atoms with Gasteiger partial charge in [-0.2, -0.15) is 0 Å². The van der Waals surface area contributed by atoms with Crippen molar-refractivity contribution in [3.8, 4) is 0 Å². The average Bonchev–Trinajstić information content (AvgIpc) is 3.28. The average molecular weight is 525 g/mol. The zero-order chi connectivity index (χ0) is 20.6. The van der Waals surface area contributed by atoms with Gasteiger partial charge in [0.25, 0.3) is 11.8 Å². The largest absolute Gasteiger partial charge is 0.459 e. The molecule has 30 heavy (non-hydrogen) atoms. The molecule has 0 spiro atoms. The topological polar surface area (TPSA) is 90.2 Å². The van der Waals surface area contributed by atoms with E-state index in [-0.39, 0.29) is 35.8 Å². The molecular weight excluding hydrogens is 497 g/mol. The highest BCUT2D eigenvalue weighted by Gasteiger charge is 2.25. The minimum absolute atomic E-state index is 0. The predicted molar refractivity (Wildman–Crippen MR) is 126 cm³/mol. The van der Waals surface area contributed by atoms with Gasteiger partial charge in [0.2, 0.25) is 0 Å². The van der Waals surface area contributed by atoms with Crippen molar-refractivity contribution >= 4 is 41.8 Å². The van der Waals surface area contributed by atoms with Crippen LogP contribution in [0.3, 0.4) is 0 Å². The van der Waals surface area contributed by atoms with Crippen LogP contribution in [0.25, 0.3) is 0 Å². The van der Waals surface area contributed by atoms with Crippen molar-refractivity contribution in [3.05, 3.63) is 59.5 Å². The van der Waals surface area contributed by atoms with Gasteiger partial charge in [0.05, 0.1) is 6.26 Å². The van der Waals surface area contributed by atoms with Crippen molar-refractivity contribution in [2.45, 2.75) is 6.92 Å². The number of hydrogen-bond acceptors (Lipinski definition) is 4. The molecular formula is C21H28IN5O3. The molecule has 2 amide bonds. The summed E-state index contributed by atoms with van der Waals surface area (Å²) in [6.07, 6.45) is 1.51. The van der Waals surface area contributed by atoms with Crippen LogP contribution in [-0.2, 0) is 0 Å². The Kier molecular flexibility index (Phi) is 9.15. The number of nitrogens with one attached hydrogen (secondary N) is 2. The van der Waals surface area contributed by atoms with E-state index in [9.17, 15) is 9.59 Å². The maximum absolute atomic E-state index is 12.3. The van der Waals surface area contributed by atoms with Crippen molar-refractivity contribution < 1.29 is 14.0 Å². The van der Waals surface area contributed by atoms with Crippen LogP contribution in [0.5, 0.6) is 0 Å². The molecule has 1 saturated heterocycles. The number of carbonyl (C=O) groups is 2. The van der Waals surface area contributed by atoms with Gasteiger partial charge in [-0.15, -0.1) is 24.0 Å². The third-order valence-electron chi connectivity index (χ3n) is 4.78. The summed E-state index contributed by atoms with van der Waals surface area (Å²) in [6.45, 7) is 5.58. The lowest BCUT2D eigenvalue weighted by molar-refractivity contribution is 0.0657. The summed E-state index contributed by atoms with van der Waals surface area (Å²) < 4.78 is 5.19. The first-order valence-electron chi connectivity index (χ1n) is 9.71. The normalized spacial score (nSPS) is 14.1. The Hall–Kier alpha value is -2.56. The zero-order valence-corrected chi connectivity index (χ0v) is 19.6. The molecule has 1 aliphatic rings. The number of carbonyl (C=O) groups excluding carboxylic acids is 2. The summed E-state index contributed by atoms with van der Waals surface area (Å²) in [6, 6.07) is 10.9. The smallest absolute Gasteiger partial charge is 0.289 e. The van der Waals surface area contributed by atoms with Gasteiger partial charge in [-0.1, -0.05) is 17.7 Å². The summed E-state index contributed by atoms with van der Waals surface area (Å²) in [5.74, 6) is 0.956. The number of benzene rings is 1. The van der Waals surface area contributed by atoms with Crippen LogP contribution < -0.4 is 10.6 Å². The number of aryl methyl sites for hydroxylation is 1. The Labute approximate surface area is 193 Å². The van der Waals surface area contributed by atoms with E-state index in [1.807, 2.05) is 25.1 Å². The third kappa shape index (κ3) is 6.22. The van der Waals surface area contributed by atoms with Crippen LogP contribution in [0.15, 0.2) is 52.1 Å². The number of aliphatic imine (C=N–C) groups is 1. The first-order chi connectivity index (χ1) is 14.1. The van der Waals surface area contributed by atoms with E-state index in [2.05, 4.69) is 20.5 Å². The van der Waals surface area contributed by atoms with Gasteiger partial charge in [-0.25, -0.2) is 0 Å². The van der Waals surface area contributed by atoms with E-state index >= 15 is 0 Å². The van der Waals surface area contributed by atoms with Crippen LogP contribution in [0.2, 0.25) is 0 Å². The molecule has 2 aromatic rings. The molecule has 1 aromatic carbocycles. The third-order valence-corrected chi connectivity index (χ3v) is 4.78. The van der Waals surface area contributed by atoms with E-state index in [0.29, 0.717) is 50.6 Å². The Morgan fingerprint density at radius 1 is 1.03 bits per heavy atom. The Bertz CT molecular complexity index is 861. The van der Waals surface area contributed by atoms with Crippen LogP contribution in [0, 0.1) is 6.92 Å². The molecule has 162 valence electrons. The van der Waals surface area contributed by atoms with Crippen LogP contribution in [0.1, 0.15) is 26.5 Å². The summed E-state index contributed by atoms with van der Waals surface area (Å²) in [5, 5.41) is 6.18. The predicted octanol–water partition coefficient (Wildman–Crippen LogP) is 1.97. The minimum Gasteiger partial charge on any atom is -0.459 e. The summed E-state index contributed by atoms with van der Waals surface area (Å²) in [4.78, 5) is 32.7. The number of piperazine rings is 1. The van der Waals surface area contributed by atoms with Gasteiger partial charge in [-0.3, -0.25) is 14.6 Å². The van der Waals surface area contributed by atoms with E-state index in [1.165, 1.54) is 6.26 Å². The molecule has 0 aliphatic carbocycles. The highest BCUT2D eigenvalue weighted by molar-refractivity contribution is 14.0. The molecule has 9 heteroatoms. The van der Waals surface area contributed by atoms with Crippen LogP contribution in [-0.4, -0.2) is 73.9 Å². The number of rotatable bonds is 5. The molecule has 1 aliphatic heterocycles. The second-order valence-corrected chi connectivity index (χ2v) is 6.86. The van der Waals surface area contributed by atoms with Gasteiger partial charge in [0.1, 0.15) is 0 Å². The fourth-order valence-electron chi connectivity index (χ4n) is 3.25. The van der Waals surface area contributed by atoms with Gasteiger partial charge < -0.3 is 24.9 Å². The van der Waals surface area contributed by atoms with E-state index in [1.54, 1.807) is 30.1 Å². The number of halogens is 1. The number of nitrogens with zero attached hydrogens (tertiary/aromatic N) is 3. The van der Waals surface area contributed by atoms with Gasteiger partial charge >= 0.3 is 0 Å². The number of guanidine groups is 1. The van der Waals surface area contributed by atoms with Gasteiger partial charge in [0, 0.05) is 51.9 Å². The van der Waals surface area contributed by atoms with Crippen molar-refractivity contribution in [2.24, 2.45) is 4.99 Å². The molecule has 3 rings (SSSR count). The molecule has 1 fully saturated rings. The summed E-state index contributed by atoms with van der Waals surface area (Å²) >= 11 is 0. The summed E-state index contributed by atoms with van der Waals surface area (Å²) in [7, 11) is 1.73. The lowest BCUT2D eigenvalue weighted by atomic mass is 10.1. The van der Waals surface area contributed by atoms with Gasteiger partial charge in [-0.05, 0) is 31.2 Å². The molecule has 0 saturated carbocycles. The molecule has 2 N–H and O–H groups in total. The second-order valence-electron chi connectivity index (χ2n) is 6.86. The quantitative estimate of drug-likeness (QED) is 0.270. The Morgan fingerprint density at radius 2 is 1.73 bits per heavy atom. The fourth-order valence-corrected chi connectivity index (χ4v) is 3.25.